The number of rotatable bonds is 5. The Morgan fingerprint density at radius 2 is 1.81 bits per heavy atom. The highest BCUT2D eigenvalue weighted by molar-refractivity contribution is 5.98. The summed E-state index contributed by atoms with van der Waals surface area (Å²) in [4.78, 5) is 20.6. The highest BCUT2D eigenvalue weighted by Gasteiger charge is 2.15. The van der Waals surface area contributed by atoms with Crippen LogP contribution in [0.3, 0.4) is 0 Å². The molecule has 0 unspecified atom stereocenters. The maximum absolute atomic E-state index is 12.4. The van der Waals surface area contributed by atoms with Crippen molar-refractivity contribution in [1.29, 1.82) is 0 Å². The molecule has 0 bridgehead atoms. The minimum absolute atomic E-state index is 0.0902. The predicted octanol–water partition coefficient (Wildman–Crippen LogP) is 2.79. The fourth-order valence-electron chi connectivity index (χ4n) is 1.99. The zero-order valence-electron chi connectivity index (χ0n) is 12.5. The molecule has 0 saturated carbocycles. The van der Waals surface area contributed by atoms with Gasteiger partial charge < -0.3 is 10.6 Å². The van der Waals surface area contributed by atoms with Crippen LogP contribution in [0.1, 0.15) is 42.7 Å². The number of aromatic nitrogens is 2. The van der Waals surface area contributed by atoms with E-state index < -0.39 is 0 Å². The van der Waals surface area contributed by atoms with Crippen molar-refractivity contribution in [3.63, 3.8) is 0 Å². The SMILES string of the molecule is CC(C)Nc1ncccc1C(=O)N[C@H](C)c1ccncc1. The first kappa shape index (κ1) is 15.0. The maximum Gasteiger partial charge on any atom is 0.255 e. The molecule has 2 aromatic heterocycles. The number of carbonyl (C=O) groups excluding carboxylic acids is 1. The lowest BCUT2D eigenvalue weighted by Crippen LogP contribution is -2.28. The summed E-state index contributed by atoms with van der Waals surface area (Å²) < 4.78 is 0. The van der Waals surface area contributed by atoms with E-state index in [1.165, 1.54) is 0 Å². The van der Waals surface area contributed by atoms with Gasteiger partial charge in [0, 0.05) is 24.6 Å². The van der Waals surface area contributed by atoms with Crippen LogP contribution in [-0.2, 0) is 0 Å². The second kappa shape index (κ2) is 6.83. The summed E-state index contributed by atoms with van der Waals surface area (Å²) >= 11 is 0. The zero-order chi connectivity index (χ0) is 15.2. The van der Waals surface area contributed by atoms with Crippen LogP contribution >= 0.6 is 0 Å². The van der Waals surface area contributed by atoms with E-state index in [0.717, 1.165) is 5.56 Å². The second-order valence-electron chi connectivity index (χ2n) is 5.17. The molecule has 0 aliphatic carbocycles. The standard InChI is InChI=1S/C16H20N4O/c1-11(2)19-15-14(5-4-8-18-15)16(21)20-12(3)13-6-9-17-10-7-13/h4-12H,1-3H3,(H,18,19)(H,20,21)/t12-/m1/s1. The van der Waals surface area contributed by atoms with Crippen molar-refractivity contribution < 1.29 is 4.79 Å². The molecule has 0 radical (unpaired) electrons. The second-order valence-corrected chi connectivity index (χ2v) is 5.17. The van der Waals surface area contributed by atoms with Crippen LogP contribution < -0.4 is 10.6 Å². The molecule has 0 fully saturated rings. The number of hydrogen-bond donors (Lipinski definition) is 2. The number of pyridine rings is 2. The van der Waals surface area contributed by atoms with Gasteiger partial charge in [-0.15, -0.1) is 0 Å². The molecule has 5 heteroatoms. The molecule has 0 spiro atoms. The third-order valence-electron chi connectivity index (χ3n) is 3.03. The van der Waals surface area contributed by atoms with Crippen LogP contribution in [0.2, 0.25) is 0 Å². The van der Waals surface area contributed by atoms with Crippen molar-refractivity contribution >= 4 is 11.7 Å². The Balaban J connectivity index is 2.14. The molecule has 0 aromatic carbocycles. The lowest BCUT2D eigenvalue weighted by atomic mass is 10.1. The van der Waals surface area contributed by atoms with Gasteiger partial charge >= 0.3 is 0 Å². The van der Waals surface area contributed by atoms with Gasteiger partial charge in [0.25, 0.3) is 5.91 Å². The Morgan fingerprint density at radius 1 is 1.10 bits per heavy atom. The number of carbonyl (C=O) groups is 1. The lowest BCUT2D eigenvalue weighted by Gasteiger charge is -2.17. The molecular weight excluding hydrogens is 264 g/mol. The Bertz CT molecular complexity index is 598. The Labute approximate surface area is 124 Å². The van der Waals surface area contributed by atoms with Crippen molar-refractivity contribution in [2.24, 2.45) is 0 Å². The van der Waals surface area contributed by atoms with Gasteiger partial charge in [0.15, 0.2) is 0 Å². The molecule has 1 amide bonds. The van der Waals surface area contributed by atoms with Gasteiger partial charge in [-0.25, -0.2) is 4.98 Å². The molecule has 110 valence electrons. The average molecular weight is 284 g/mol. The quantitative estimate of drug-likeness (QED) is 0.886. The minimum Gasteiger partial charge on any atom is -0.367 e. The van der Waals surface area contributed by atoms with Crippen molar-refractivity contribution in [2.45, 2.75) is 32.9 Å². The Hall–Kier alpha value is -2.43. The van der Waals surface area contributed by atoms with E-state index >= 15 is 0 Å². The lowest BCUT2D eigenvalue weighted by molar-refractivity contribution is 0.0940. The molecular formula is C16H20N4O. The number of hydrogen-bond acceptors (Lipinski definition) is 4. The maximum atomic E-state index is 12.4. The van der Waals surface area contributed by atoms with Crippen LogP contribution in [0.15, 0.2) is 42.9 Å². The van der Waals surface area contributed by atoms with Gasteiger partial charge in [-0.2, -0.15) is 0 Å². The summed E-state index contributed by atoms with van der Waals surface area (Å²) in [5.74, 6) is 0.461. The number of nitrogens with zero attached hydrogens (tertiary/aromatic N) is 2. The summed E-state index contributed by atoms with van der Waals surface area (Å²) in [6, 6.07) is 7.43. The minimum atomic E-state index is -0.143. The van der Waals surface area contributed by atoms with Crippen molar-refractivity contribution in [1.82, 2.24) is 15.3 Å². The van der Waals surface area contributed by atoms with Gasteiger partial charge in [0.2, 0.25) is 0 Å². The van der Waals surface area contributed by atoms with E-state index in [1.54, 1.807) is 30.7 Å². The molecule has 2 N–H and O–H groups in total. The summed E-state index contributed by atoms with van der Waals surface area (Å²) in [7, 11) is 0. The molecule has 5 nitrogen and oxygen atoms in total. The van der Waals surface area contributed by atoms with Gasteiger partial charge in [-0.05, 0) is 50.6 Å². The normalized spacial score (nSPS) is 12.0. The van der Waals surface area contributed by atoms with E-state index in [9.17, 15) is 4.79 Å². The van der Waals surface area contributed by atoms with E-state index in [4.69, 9.17) is 0 Å². The Morgan fingerprint density at radius 3 is 2.48 bits per heavy atom. The first-order valence-electron chi connectivity index (χ1n) is 7.00. The molecule has 0 saturated heterocycles. The van der Waals surface area contributed by atoms with Gasteiger partial charge in [0.05, 0.1) is 11.6 Å². The van der Waals surface area contributed by atoms with Crippen LogP contribution in [-0.4, -0.2) is 21.9 Å². The molecule has 2 rings (SSSR count). The van der Waals surface area contributed by atoms with Gasteiger partial charge in [-0.3, -0.25) is 9.78 Å². The fraction of sp³-hybridized carbons (Fsp3) is 0.312. The first-order valence-corrected chi connectivity index (χ1v) is 7.00. The van der Waals surface area contributed by atoms with Crippen molar-refractivity contribution in [3.05, 3.63) is 54.0 Å². The van der Waals surface area contributed by atoms with Crippen molar-refractivity contribution in [2.75, 3.05) is 5.32 Å². The topological polar surface area (TPSA) is 66.9 Å². The number of nitrogens with one attached hydrogen (secondary N) is 2. The fourth-order valence-corrected chi connectivity index (χ4v) is 1.99. The zero-order valence-corrected chi connectivity index (χ0v) is 12.5. The summed E-state index contributed by atoms with van der Waals surface area (Å²) in [5.41, 5.74) is 1.56. The van der Waals surface area contributed by atoms with E-state index in [2.05, 4.69) is 20.6 Å². The van der Waals surface area contributed by atoms with Crippen LogP contribution in [0, 0.1) is 0 Å². The summed E-state index contributed by atoms with van der Waals surface area (Å²) in [6.45, 7) is 5.96. The monoisotopic (exact) mass is 284 g/mol. The highest BCUT2D eigenvalue weighted by atomic mass is 16.1. The van der Waals surface area contributed by atoms with E-state index in [0.29, 0.717) is 11.4 Å². The van der Waals surface area contributed by atoms with Gasteiger partial charge in [0.1, 0.15) is 5.82 Å². The summed E-state index contributed by atoms with van der Waals surface area (Å²) in [6.07, 6.45) is 5.11. The van der Waals surface area contributed by atoms with Crippen LogP contribution in [0.5, 0.6) is 0 Å². The van der Waals surface area contributed by atoms with Crippen LogP contribution in [0.25, 0.3) is 0 Å². The third-order valence-corrected chi connectivity index (χ3v) is 3.03. The molecule has 2 aromatic rings. The highest BCUT2D eigenvalue weighted by Crippen LogP contribution is 2.16. The number of amides is 1. The smallest absolute Gasteiger partial charge is 0.255 e. The average Bonchev–Trinajstić information content (AvgIpc) is 2.48. The first-order chi connectivity index (χ1) is 10.1. The van der Waals surface area contributed by atoms with Crippen molar-refractivity contribution in [3.8, 4) is 0 Å². The largest absolute Gasteiger partial charge is 0.367 e. The van der Waals surface area contributed by atoms with E-state index in [-0.39, 0.29) is 18.0 Å². The van der Waals surface area contributed by atoms with E-state index in [1.807, 2.05) is 32.9 Å². The van der Waals surface area contributed by atoms with Gasteiger partial charge in [-0.1, -0.05) is 0 Å². The third kappa shape index (κ3) is 4.02. The predicted molar refractivity (Wildman–Crippen MR) is 83.1 cm³/mol. The molecule has 0 aliphatic heterocycles. The molecule has 0 aliphatic rings. The van der Waals surface area contributed by atoms with Crippen LogP contribution in [0.4, 0.5) is 5.82 Å². The molecule has 1 atom stereocenters. The molecule has 2 heterocycles. The molecule has 21 heavy (non-hydrogen) atoms. The summed E-state index contributed by atoms with van der Waals surface area (Å²) in [5, 5.41) is 6.16. The Kier molecular flexibility index (Phi) is 4.87. The number of anilines is 1.